The Morgan fingerprint density at radius 3 is 2.30 bits per heavy atom. The van der Waals surface area contributed by atoms with Crippen LogP contribution in [0, 0.1) is 13.8 Å². The van der Waals surface area contributed by atoms with Gasteiger partial charge in [-0.1, -0.05) is 24.3 Å². The van der Waals surface area contributed by atoms with Gasteiger partial charge in [-0.15, -0.1) is 0 Å². The molecule has 0 aromatic heterocycles. The lowest BCUT2D eigenvalue weighted by Crippen LogP contribution is -2.29. The number of aromatic hydroxyl groups is 1. The van der Waals surface area contributed by atoms with Gasteiger partial charge in [0.1, 0.15) is 17.3 Å². The first-order chi connectivity index (χ1) is 17.7. The van der Waals surface area contributed by atoms with Crippen LogP contribution in [-0.4, -0.2) is 47.0 Å². The molecule has 3 aromatic carbocycles. The summed E-state index contributed by atoms with van der Waals surface area (Å²) >= 11 is 0. The highest BCUT2D eigenvalue weighted by Gasteiger charge is 2.46. The minimum Gasteiger partial charge on any atom is -0.508 e. The molecule has 1 aliphatic rings. The minimum atomic E-state index is -0.950. The number of Topliss-reactive ketones (excluding diaryl/α,β-unsaturated/α-hetero) is 1. The molecule has 0 radical (unpaired) electrons. The van der Waals surface area contributed by atoms with Gasteiger partial charge in [-0.2, -0.15) is 0 Å². The number of methoxy groups -OCH3 is 2. The second kappa shape index (κ2) is 10.2. The summed E-state index contributed by atoms with van der Waals surface area (Å²) < 4.78 is 10.1. The van der Waals surface area contributed by atoms with Crippen molar-refractivity contribution in [2.24, 2.45) is 0 Å². The quantitative estimate of drug-likeness (QED) is 0.222. The Kier molecular flexibility index (Phi) is 7.02. The molecule has 0 bridgehead atoms. The molecule has 8 nitrogen and oxygen atoms in total. The lowest BCUT2D eigenvalue weighted by atomic mass is 9.93. The monoisotopic (exact) mass is 501 g/mol. The van der Waals surface area contributed by atoms with Gasteiger partial charge >= 0.3 is 5.97 Å². The predicted molar refractivity (Wildman–Crippen MR) is 136 cm³/mol. The van der Waals surface area contributed by atoms with E-state index in [0.717, 1.165) is 5.56 Å². The van der Waals surface area contributed by atoms with Gasteiger partial charge in [-0.3, -0.25) is 9.59 Å². The molecule has 37 heavy (non-hydrogen) atoms. The van der Waals surface area contributed by atoms with Crippen LogP contribution in [-0.2, 0) is 20.9 Å². The Bertz CT molecular complexity index is 1420. The van der Waals surface area contributed by atoms with Crippen LogP contribution >= 0.6 is 0 Å². The molecule has 1 saturated heterocycles. The van der Waals surface area contributed by atoms with E-state index in [1.54, 1.807) is 62.6 Å². The molecule has 2 N–H and O–H groups in total. The number of aryl methyl sites for hydroxylation is 2. The third kappa shape index (κ3) is 4.78. The first-order valence-corrected chi connectivity index (χ1v) is 11.6. The van der Waals surface area contributed by atoms with Gasteiger partial charge in [0.15, 0.2) is 0 Å². The second-order valence-corrected chi connectivity index (χ2v) is 8.85. The first-order valence-electron chi connectivity index (χ1n) is 11.6. The highest BCUT2D eigenvalue weighted by Crippen LogP contribution is 2.42. The van der Waals surface area contributed by atoms with Crippen molar-refractivity contribution in [2.45, 2.75) is 26.4 Å². The van der Waals surface area contributed by atoms with Gasteiger partial charge < -0.3 is 24.6 Å². The van der Waals surface area contributed by atoms with Gasteiger partial charge in [0.05, 0.1) is 31.4 Å². The number of amides is 1. The fourth-order valence-electron chi connectivity index (χ4n) is 4.56. The largest absolute Gasteiger partial charge is 0.508 e. The van der Waals surface area contributed by atoms with Gasteiger partial charge in [0, 0.05) is 12.1 Å². The molecule has 1 aliphatic heterocycles. The van der Waals surface area contributed by atoms with Crippen molar-refractivity contribution >= 4 is 23.4 Å². The average molecular weight is 502 g/mol. The number of ether oxygens (including phenoxy) is 2. The van der Waals surface area contributed by atoms with E-state index >= 15 is 0 Å². The molecule has 1 amide bonds. The maximum Gasteiger partial charge on any atom is 0.337 e. The third-order valence-electron chi connectivity index (χ3n) is 6.45. The normalized spacial score (nSPS) is 16.6. The molecule has 3 aromatic rings. The van der Waals surface area contributed by atoms with Crippen LogP contribution in [0.15, 0.2) is 66.2 Å². The van der Waals surface area contributed by atoms with E-state index in [1.165, 1.54) is 24.1 Å². The Morgan fingerprint density at radius 1 is 0.973 bits per heavy atom. The maximum atomic E-state index is 13.3. The standard InChI is InChI=1S/C29H27NO7/c1-16-13-23(36-3)17(2)12-22(16)26(32)24-25(20-6-5-7-21(31)14-20)30(28(34)27(24)33)15-18-8-10-19(11-9-18)29(35)37-4/h5-14,25,31-32H,15H2,1-4H3/b26-24+. The topological polar surface area (TPSA) is 113 Å². The Morgan fingerprint density at radius 2 is 1.68 bits per heavy atom. The van der Waals surface area contributed by atoms with Crippen LogP contribution in [0.5, 0.6) is 11.5 Å². The zero-order chi connectivity index (χ0) is 26.9. The number of esters is 1. The smallest absolute Gasteiger partial charge is 0.337 e. The summed E-state index contributed by atoms with van der Waals surface area (Å²) in [5, 5.41) is 21.6. The predicted octanol–water partition coefficient (Wildman–Crippen LogP) is 4.43. The van der Waals surface area contributed by atoms with Crippen LogP contribution in [0.4, 0.5) is 0 Å². The summed E-state index contributed by atoms with van der Waals surface area (Å²) in [4.78, 5) is 39.7. The SMILES string of the molecule is COC(=O)c1ccc(CN2C(=O)C(=O)/C(=C(/O)c3cc(C)c(OC)cc3C)C2c2cccc(O)c2)cc1. The van der Waals surface area contributed by atoms with E-state index in [1.807, 2.05) is 6.92 Å². The van der Waals surface area contributed by atoms with Gasteiger partial charge in [0.2, 0.25) is 0 Å². The fourth-order valence-corrected chi connectivity index (χ4v) is 4.56. The van der Waals surface area contributed by atoms with Crippen molar-refractivity contribution in [3.8, 4) is 11.5 Å². The zero-order valence-electron chi connectivity index (χ0n) is 20.9. The number of phenols is 1. The Balaban J connectivity index is 1.84. The number of ketones is 1. The number of carbonyl (C=O) groups is 3. The molecule has 1 fully saturated rings. The molecular weight excluding hydrogens is 474 g/mol. The summed E-state index contributed by atoms with van der Waals surface area (Å²) in [6.07, 6.45) is 0. The van der Waals surface area contributed by atoms with Crippen molar-refractivity contribution in [1.29, 1.82) is 0 Å². The number of hydrogen-bond acceptors (Lipinski definition) is 7. The zero-order valence-corrected chi connectivity index (χ0v) is 20.9. The van der Waals surface area contributed by atoms with Gasteiger partial charge in [-0.25, -0.2) is 4.79 Å². The molecule has 190 valence electrons. The van der Waals surface area contributed by atoms with Crippen LogP contribution in [0.3, 0.4) is 0 Å². The third-order valence-corrected chi connectivity index (χ3v) is 6.45. The molecule has 8 heteroatoms. The molecule has 1 atom stereocenters. The van der Waals surface area contributed by atoms with Crippen molar-refractivity contribution in [2.75, 3.05) is 14.2 Å². The summed E-state index contributed by atoms with van der Waals surface area (Å²) in [6, 6.07) is 15.2. The van der Waals surface area contributed by atoms with Gasteiger partial charge in [0.25, 0.3) is 11.7 Å². The van der Waals surface area contributed by atoms with Crippen molar-refractivity contribution < 1.29 is 34.1 Å². The number of hydrogen-bond donors (Lipinski definition) is 2. The Hall–Kier alpha value is -4.59. The lowest BCUT2D eigenvalue weighted by Gasteiger charge is -2.26. The number of carbonyl (C=O) groups excluding carboxylic acids is 3. The van der Waals surface area contributed by atoms with Crippen LogP contribution in [0.2, 0.25) is 0 Å². The minimum absolute atomic E-state index is 0.0315. The summed E-state index contributed by atoms with van der Waals surface area (Å²) in [6.45, 7) is 3.63. The molecule has 0 aliphatic carbocycles. The van der Waals surface area contributed by atoms with Crippen LogP contribution < -0.4 is 4.74 Å². The molecule has 1 unspecified atom stereocenters. The second-order valence-electron chi connectivity index (χ2n) is 8.85. The highest BCUT2D eigenvalue weighted by molar-refractivity contribution is 6.46. The summed E-state index contributed by atoms with van der Waals surface area (Å²) in [7, 11) is 2.84. The summed E-state index contributed by atoms with van der Waals surface area (Å²) in [5.41, 5.74) is 3.23. The molecule has 0 spiro atoms. The van der Waals surface area contributed by atoms with Crippen molar-refractivity contribution in [3.63, 3.8) is 0 Å². The summed E-state index contributed by atoms with van der Waals surface area (Å²) in [5.74, 6) is -1.81. The highest BCUT2D eigenvalue weighted by atomic mass is 16.5. The maximum absolute atomic E-state index is 13.3. The number of aliphatic hydroxyl groups excluding tert-OH is 1. The van der Waals surface area contributed by atoms with E-state index in [0.29, 0.717) is 33.6 Å². The van der Waals surface area contributed by atoms with Crippen molar-refractivity contribution in [1.82, 2.24) is 4.90 Å². The number of aliphatic hydroxyl groups is 1. The van der Waals surface area contributed by atoms with E-state index in [2.05, 4.69) is 0 Å². The van der Waals surface area contributed by atoms with Gasteiger partial charge in [-0.05, 0) is 72.5 Å². The van der Waals surface area contributed by atoms with Crippen LogP contribution in [0.25, 0.3) is 5.76 Å². The number of phenolic OH excluding ortho intramolecular Hbond substituents is 1. The molecular formula is C29H27NO7. The molecule has 1 heterocycles. The Labute approximate surface area is 214 Å². The molecule has 0 saturated carbocycles. The van der Waals surface area contributed by atoms with Crippen LogP contribution in [0.1, 0.15) is 44.2 Å². The van der Waals surface area contributed by atoms with E-state index in [9.17, 15) is 24.6 Å². The van der Waals surface area contributed by atoms with E-state index in [4.69, 9.17) is 9.47 Å². The fraction of sp³-hybridized carbons (Fsp3) is 0.207. The van der Waals surface area contributed by atoms with E-state index < -0.39 is 23.7 Å². The average Bonchev–Trinajstić information content (AvgIpc) is 3.14. The molecule has 4 rings (SSSR count). The number of benzene rings is 3. The number of likely N-dealkylation sites (tertiary alicyclic amines) is 1. The van der Waals surface area contributed by atoms with E-state index in [-0.39, 0.29) is 23.6 Å². The van der Waals surface area contributed by atoms with Crippen molar-refractivity contribution in [3.05, 3.63) is 99.6 Å². The first kappa shape index (κ1) is 25.5. The number of nitrogens with zero attached hydrogens (tertiary/aromatic N) is 1. The lowest BCUT2D eigenvalue weighted by molar-refractivity contribution is -0.140. The number of rotatable bonds is 6.